The zero-order chi connectivity index (χ0) is 18.1. The smallest absolute Gasteiger partial charge is 0.107 e. The predicted octanol–water partition coefficient (Wildman–Crippen LogP) is 5.09. The van der Waals surface area contributed by atoms with Crippen LogP contribution in [-0.2, 0) is 16.9 Å². The van der Waals surface area contributed by atoms with E-state index in [0.29, 0.717) is 0 Å². The summed E-state index contributed by atoms with van der Waals surface area (Å²) >= 11 is 12.1. The van der Waals surface area contributed by atoms with E-state index < -0.39 is 0 Å². The van der Waals surface area contributed by atoms with Crippen molar-refractivity contribution in [3.8, 4) is 0 Å². The van der Waals surface area contributed by atoms with Gasteiger partial charge in [-0.15, -0.1) is 0 Å². The summed E-state index contributed by atoms with van der Waals surface area (Å²) in [7, 11) is 1.99. The highest BCUT2D eigenvalue weighted by Crippen LogP contribution is 2.47. The molecule has 2 aromatic carbocycles. The van der Waals surface area contributed by atoms with Crippen molar-refractivity contribution in [2.75, 3.05) is 7.05 Å². The van der Waals surface area contributed by atoms with Gasteiger partial charge in [-0.25, -0.2) is 4.98 Å². The number of imidazole rings is 1. The van der Waals surface area contributed by atoms with Crippen LogP contribution in [0.15, 0.2) is 67.3 Å². The Balaban J connectivity index is 1.72. The molecule has 6 heteroatoms. The molecule has 3 aromatic rings. The molecule has 134 valence electrons. The Morgan fingerprint density at radius 3 is 2.35 bits per heavy atom. The highest BCUT2D eigenvalue weighted by Gasteiger charge is 2.47. The van der Waals surface area contributed by atoms with E-state index in [2.05, 4.69) is 21.7 Å². The average Bonchev–Trinajstić information content (AvgIpc) is 3.25. The number of hydroxylamine groups is 2. The van der Waals surface area contributed by atoms with Crippen LogP contribution in [0, 0.1) is 0 Å². The van der Waals surface area contributed by atoms with Gasteiger partial charge in [-0.05, 0) is 35.4 Å². The molecule has 2 atom stereocenters. The molecular formula is C20H19Cl2N3O. The molecule has 0 saturated carbocycles. The third-order valence-electron chi connectivity index (χ3n) is 5.04. The maximum absolute atomic E-state index is 6.26. The summed E-state index contributed by atoms with van der Waals surface area (Å²) in [5.41, 5.74) is 1.95. The van der Waals surface area contributed by atoms with E-state index in [-0.39, 0.29) is 11.6 Å². The third-order valence-corrected chi connectivity index (χ3v) is 5.54. The Morgan fingerprint density at radius 1 is 1.08 bits per heavy atom. The molecule has 0 N–H and O–H groups in total. The third kappa shape index (κ3) is 3.26. The van der Waals surface area contributed by atoms with Gasteiger partial charge in [-0.1, -0.05) is 47.5 Å². The first-order chi connectivity index (χ1) is 12.6. The molecular weight excluding hydrogens is 369 g/mol. The second kappa shape index (κ2) is 7.05. The summed E-state index contributed by atoms with van der Waals surface area (Å²) in [4.78, 5) is 10.4. The minimum absolute atomic E-state index is 0.0449. The molecule has 1 aliphatic rings. The number of nitrogens with zero attached hydrogens (tertiary/aromatic N) is 3. The fourth-order valence-electron chi connectivity index (χ4n) is 3.62. The first-order valence-electron chi connectivity index (χ1n) is 8.45. The molecule has 1 aromatic heterocycles. The number of likely N-dealkylation sites (N-methyl/N-ethyl adjacent to an activating group) is 1. The highest BCUT2D eigenvalue weighted by molar-refractivity contribution is 6.30. The molecule has 4 nitrogen and oxygen atoms in total. The summed E-state index contributed by atoms with van der Waals surface area (Å²) in [5.74, 6) is 0. The van der Waals surface area contributed by atoms with Crippen LogP contribution < -0.4 is 0 Å². The fraction of sp³-hybridized carbons (Fsp3) is 0.250. The zero-order valence-electron chi connectivity index (χ0n) is 14.3. The Kier molecular flexibility index (Phi) is 4.76. The summed E-state index contributed by atoms with van der Waals surface area (Å²) in [6.07, 6.45) is 6.37. The number of hydrogen-bond donors (Lipinski definition) is 0. The van der Waals surface area contributed by atoms with Crippen molar-refractivity contribution in [3.05, 3.63) is 88.4 Å². The topological polar surface area (TPSA) is 30.3 Å². The highest BCUT2D eigenvalue weighted by atomic mass is 35.5. The Labute approximate surface area is 162 Å². The number of aromatic nitrogens is 2. The van der Waals surface area contributed by atoms with Crippen molar-refractivity contribution in [1.29, 1.82) is 0 Å². The van der Waals surface area contributed by atoms with Gasteiger partial charge in [0.25, 0.3) is 0 Å². The lowest BCUT2D eigenvalue weighted by Crippen LogP contribution is -2.41. The zero-order valence-corrected chi connectivity index (χ0v) is 15.9. The lowest BCUT2D eigenvalue weighted by molar-refractivity contribution is -0.176. The molecule has 2 heterocycles. The van der Waals surface area contributed by atoms with Gasteiger partial charge in [-0.3, -0.25) is 4.84 Å². The van der Waals surface area contributed by atoms with E-state index in [9.17, 15) is 0 Å². The van der Waals surface area contributed by atoms with Gasteiger partial charge in [0, 0.05) is 42.5 Å². The van der Waals surface area contributed by atoms with Gasteiger partial charge in [0.1, 0.15) is 6.10 Å². The first kappa shape index (κ1) is 17.6. The SMILES string of the molecule is CN1O[C@@H](c2ccc(Cl)cc2)C[C@@]1(Cn1ccnc1)c1ccc(Cl)cc1. The average molecular weight is 388 g/mol. The Hall–Kier alpha value is -1.85. The molecule has 4 rings (SSSR count). The predicted molar refractivity (Wildman–Crippen MR) is 103 cm³/mol. The van der Waals surface area contributed by atoms with Crippen LogP contribution in [0.2, 0.25) is 10.0 Å². The number of hydrogen-bond acceptors (Lipinski definition) is 3. The van der Waals surface area contributed by atoms with E-state index >= 15 is 0 Å². The minimum atomic E-state index is -0.324. The Morgan fingerprint density at radius 2 is 1.73 bits per heavy atom. The molecule has 0 spiro atoms. The lowest BCUT2D eigenvalue weighted by Gasteiger charge is -2.34. The van der Waals surface area contributed by atoms with E-state index in [0.717, 1.165) is 34.1 Å². The van der Waals surface area contributed by atoms with Crippen molar-refractivity contribution < 1.29 is 4.84 Å². The standard InChI is InChI=1S/C20H19Cl2N3O/c1-24-20(13-25-11-10-23-14-25,16-4-8-18(22)9-5-16)12-19(26-24)15-2-6-17(21)7-3-15/h2-11,14,19H,12-13H2,1H3/t19-,20-/m1/s1. The van der Waals surface area contributed by atoms with Crippen molar-refractivity contribution in [2.24, 2.45) is 0 Å². The molecule has 0 amide bonds. The van der Waals surface area contributed by atoms with Gasteiger partial charge in [-0.2, -0.15) is 5.06 Å². The number of halogens is 2. The minimum Gasteiger partial charge on any atom is -0.335 e. The molecule has 0 bridgehead atoms. The lowest BCUT2D eigenvalue weighted by atomic mass is 9.83. The van der Waals surface area contributed by atoms with E-state index in [4.69, 9.17) is 28.0 Å². The van der Waals surface area contributed by atoms with Crippen LogP contribution in [0.1, 0.15) is 23.7 Å². The van der Waals surface area contributed by atoms with Crippen molar-refractivity contribution in [1.82, 2.24) is 14.6 Å². The fourth-order valence-corrected chi connectivity index (χ4v) is 3.87. The van der Waals surface area contributed by atoms with Gasteiger partial charge in [0.15, 0.2) is 0 Å². The molecule has 1 fully saturated rings. The van der Waals surface area contributed by atoms with Crippen LogP contribution in [0.4, 0.5) is 0 Å². The number of rotatable bonds is 4. The molecule has 0 radical (unpaired) electrons. The summed E-state index contributed by atoms with van der Waals surface area (Å²) in [6.45, 7) is 0.731. The molecule has 0 unspecified atom stereocenters. The van der Waals surface area contributed by atoms with E-state index in [1.807, 2.05) is 61.0 Å². The molecule has 1 saturated heterocycles. The Bertz CT molecular complexity index is 865. The van der Waals surface area contributed by atoms with E-state index in [1.54, 1.807) is 6.20 Å². The monoisotopic (exact) mass is 387 g/mol. The number of benzene rings is 2. The van der Waals surface area contributed by atoms with Crippen LogP contribution in [0.5, 0.6) is 0 Å². The van der Waals surface area contributed by atoms with Crippen LogP contribution >= 0.6 is 23.2 Å². The van der Waals surface area contributed by atoms with Crippen LogP contribution in [0.25, 0.3) is 0 Å². The molecule has 1 aliphatic heterocycles. The van der Waals surface area contributed by atoms with Gasteiger partial charge in [0.05, 0.1) is 11.9 Å². The summed E-state index contributed by atoms with van der Waals surface area (Å²) in [5, 5.41) is 3.42. The van der Waals surface area contributed by atoms with Crippen LogP contribution in [0.3, 0.4) is 0 Å². The van der Waals surface area contributed by atoms with Crippen molar-refractivity contribution >= 4 is 23.2 Å². The normalized spacial score (nSPS) is 23.4. The summed E-state index contributed by atoms with van der Waals surface area (Å²) < 4.78 is 2.08. The maximum Gasteiger partial charge on any atom is 0.107 e. The maximum atomic E-state index is 6.26. The van der Waals surface area contributed by atoms with Gasteiger partial charge in [0.2, 0.25) is 0 Å². The largest absolute Gasteiger partial charge is 0.335 e. The quantitative estimate of drug-likeness (QED) is 0.624. The molecule has 26 heavy (non-hydrogen) atoms. The first-order valence-corrected chi connectivity index (χ1v) is 9.20. The molecule has 0 aliphatic carbocycles. The van der Waals surface area contributed by atoms with Crippen molar-refractivity contribution in [3.63, 3.8) is 0 Å². The van der Waals surface area contributed by atoms with Crippen LogP contribution in [-0.4, -0.2) is 21.7 Å². The summed E-state index contributed by atoms with van der Waals surface area (Å²) in [6, 6.07) is 15.8. The van der Waals surface area contributed by atoms with Gasteiger partial charge < -0.3 is 4.57 Å². The van der Waals surface area contributed by atoms with Gasteiger partial charge >= 0.3 is 0 Å². The second-order valence-corrected chi connectivity index (χ2v) is 7.49. The van der Waals surface area contributed by atoms with E-state index in [1.165, 1.54) is 0 Å². The van der Waals surface area contributed by atoms with Crippen molar-refractivity contribution in [2.45, 2.75) is 24.6 Å². The second-order valence-electron chi connectivity index (χ2n) is 6.62.